The second-order valence-corrected chi connectivity index (χ2v) is 14.2. The summed E-state index contributed by atoms with van der Waals surface area (Å²) in [4.78, 5) is 45.9. The predicted molar refractivity (Wildman–Crippen MR) is 181 cm³/mol. The number of unbranched alkanes of at least 4 members (excludes halogenated alkanes) is 17. The first-order valence-electron chi connectivity index (χ1n) is 18.2. The number of hydrogen-bond acceptors (Lipinski definition) is 9. The Hall–Kier alpha value is -1.81. The van der Waals surface area contributed by atoms with Crippen LogP contribution in [0.1, 0.15) is 161 Å². The van der Waals surface area contributed by atoms with Crippen molar-refractivity contribution >= 4 is 32.5 Å². The van der Waals surface area contributed by atoms with Crippen LogP contribution in [-0.4, -0.2) is 67.1 Å². The summed E-state index contributed by atoms with van der Waals surface area (Å²) in [5, 5.41) is 17.5. The third kappa shape index (κ3) is 25.8. The molecule has 274 valence electrons. The Morgan fingerprint density at radius 1 is 0.553 bits per heavy atom. The zero-order valence-electron chi connectivity index (χ0n) is 29.0. The van der Waals surface area contributed by atoms with Gasteiger partial charge >= 0.3 is 32.5 Å². The average Bonchev–Trinajstić information content (AvgIpc) is 3.05. The maximum Gasteiger partial charge on any atom is 0.332 e. The van der Waals surface area contributed by atoms with Crippen LogP contribution in [-0.2, 0) is 42.2 Å². The molecular formula is C35H63O11P. The van der Waals surface area contributed by atoms with Crippen molar-refractivity contribution in [1.82, 2.24) is 0 Å². The van der Waals surface area contributed by atoms with Crippen molar-refractivity contribution in [3.8, 4) is 0 Å². The van der Waals surface area contributed by atoms with Crippen molar-refractivity contribution in [1.29, 1.82) is 0 Å². The van der Waals surface area contributed by atoms with Gasteiger partial charge < -0.3 is 33.3 Å². The van der Waals surface area contributed by atoms with E-state index in [9.17, 15) is 19.2 Å². The summed E-state index contributed by atoms with van der Waals surface area (Å²) in [5.41, 5.74) is -0.899. The van der Waals surface area contributed by atoms with Gasteiger partial charge in [0.15, 0.2) is 0 Å². The molecule has 0 aromatic rings. The zero-order chi connectivity index (χ0) is 34.4. The molecule has 0 aromatic carbocycles. The Labute approximate surface area is 284 Å². The quantitative estimate of drug-likeness (QED) is 0.0395. The molecule has 1 aliphatic heterocycles. The van der Waals surface area contributed by atoms with Crippen molar-refractivity contribution < 1.29 is 52.4 Å². The van der Waals surface area contributed by atoms with Crippen LogP contribution >= 0.6 is 8.60 Å². The minimum Gasteiger partial charge on any atom is -0.481 e. The van der Waals surface area contributed by atoms with E-state index in [1.807, 2.05) is 0 Å². The summed E-state index contributed by atoms with van der Waals surface area (Å²) in [7, 11) is -1.55. The molecule has 0 saturated carbocycles. The molecule has 0 spiro atoms. The lowest BCUT2D eigenvalue weighted by Gasteiger charge is -2.37. The zero-order valence-corrected chi connectivity index (χ0v) is 29.9. The summed E-state index contributed by atoms with van der Waals surface area (Å²) in [5.74, 6) is -2.76. The highest BCUT2D eigenvalue weighted by Crippen LogP contribution is 2.47. The molecule has 0 radical (unpaired) electrons. The third-order valence-corrected chi connectivity index (χ3v) is 9.34. The number of esters is 2. The maximum atomic E-state index is 12.3. The SMILES string of the molecule is CCCCCCCCCCCCCCCCCCOP1OCC(COC(=O)CCCCC(=O)O)(COC(=O)CCCCC(=O)O)CO1. The Balaban J connectivity index is 2.24. The molecule has 0 aliphatic carbocycles. The largest absolute Gasteiger partial charge is 0.481 e. The van der Waals surface area contributed by atoms with Crippen molar-refractivity contribution in [2.24, 2.45) is 5.41 Å². The van der Waals surface area contributed by atoms with E-state index in [0.29, 0.717) is 32.3 Å². The first-order valence-corrected chi connectivity index (χ1v) is 19.3. The van der Waals surface area contributed by atoms with E-state index in [4.69, 9.17) is 33.3 Å². The molecule has 0 atom stereocenters. The van der Waals surface area contributed by atoms with Crippen LogP contribution in [0.25, 0.3) is 0 Å². The van der Waals surface area contributed by atoms with Crippen LogP contribution in [0.3, 0.4) is 0 Å². The standard InChI is InChI=1S/C35H63O11P/c1-2-3-4-5-6-7-8-9-10-11-12-13-14-15-16-21-26-44-47-45-29-35(30-46-47,27-42-33(40)24-19-17-22-31(36)37)28-43-34(41)25-20-18-23-32(38)39/h2-30H2,1H3,(H,36,37)(H,38,39). The molecule has 1 rings (SSSR count). The van der Waals surface area contributed by atoms with Gasteiger partial charge in [0, 0.05) is 25.7 Å². The number of ether oxygens (including phenoxy) is 2. The fourth-order valence-electron chi connectivity index (χ4n) is 5.23. The summed E-state index contributed by atoms with van der Waals surface area (Å²) < 4.78 is 28.4. The Morgan fingerprint density at radius 3 is 1.30 bits per heavy atom. The van der Waals surface area contributed by atoms with Gasteiger partial charge in [0.1, 0.15) is 13.2 Å². The molecule has 0 bridgehead atoms. The van der Waals surface area contributed by atoms with E-state index < -0.39 is 37.9 Å². The highest BCUT2D eigenvalue weighted by atomic mass is 31.2. The van der Waals surface area contributed by atoms with Gasteiger partial charge in [0.25, 0.3) is 0 Å². The molecule has 11 nitrogen and oxygen atoms in total. The fourth-order valence-corrected chi connectivity index (χ4v) is 6.49. The van der Waals surface area contributed by atoms with Crippen LogP contribution in [0, 0.1) is 5.41 Å². The topological polar surface area (TPSA) is 155 Å². The Bertz CT molecular complexity index is 790. The molecule has 1 aliphatic rings. The van der Waals surface area contributed by atoms with Crippen LogP contribution in [0.2, 0.25) is 0 Å². The van der Waals surface area contributed by atoms with Gasteiger partial charge in [-0.2, -0.15) is 0 Å². The molecule has 0 aromatic heterocycles. The smallest absolute Gasteiger partial charge is 0.332 e. The molecule has 2 N–H and O–H groups in total. The third-order valence-electron chi connectivity index (χ3n) is 8.27. The van der Waals surface area contributed by atoms with Gasteiger partial charge in [-0.15, -0.1) is 0 Å². The summed E-state index contributed by atoms with van der Waals surface area (Å²) >= 11 is 0. The van der Waals surface area contributed by atoms with Crippen molar-refractivity contribution in [3.63, 3.8) is 0 Å². The summed E-state index contributed by atoms with van der Waals surface area (Å²) in [6, 6.07) is 0. The van der Waals surface area contributed by atoms with Gasteiger partial charge in [-0.25, -0.2) is 0 Å². The number of rotatable bonds is 32. The number of carboxylic acids is 2. The predicted octanol–water partition coefficient (Wildman–Crippen LogP) is 8.90. The number of carbonyl (C=O) groups excluding carboxylic acids is 2. The highest BCUT2D eigenvalue weighted by Gasteiger charge is 2.41. The lowest BCUT2D eigenvalue weighted by molar-refractivity contribution is -0.161. The molecule has 47 heavy (non-hydrogen) atoms. The number of hydrogen-bond donors (Lipinski definition) is 2. The second-order valence-electron chi connectivity index (χ2n) is 12.9. The Morgan fingerprint density at radius 2 is 0.915 bits per heavy atom. The molecular weight excluding hydrogens is 627 g/mol. The normalized spacial score (nSPS) is 14.6. The number of carboxylic acid groups (broad SMARTS) is 2. The highest BCUT2D eigenvalue weighted by molar-refractivity contribution is 7.41. The molecule has 12 heteroatoms. The van der Waals surface area contributed by atoms with E-state index in [1.165, 1.54) is 89.9 Å². The molecule has 0 unspecified atom stereocenters. The van der Waals surface area contributed by atoms with Crippen LogP contribution in [0.15, 0.2) is 0 Å². The lowest BCUT2D eigenvalue weighted by atomic mass is 9.92. The second kappa shape index (κ2) is 29.1. The van der Waals surface area contributed by atoms with E-state index in [0.717, 1.165) is 12.8 Å². The van der Waals surface area contributed by atoms with Crippen molar-refractivity contribution in [2.45, 2.75) is 161 Å². The fraction of sp³-hybridized carbons (Fsp3) is 0.886. The van der Waals surface area contributed by atoms with Gasteiger partial charge in [-0.05, 0) is 32.1 Å². The Kier molecular flexibility index (Phi) is 26.8. The summed E-state index contributed by atoms with van der Waals surface area (Å²) in [6.07, 6.45) is 22.5. The average molecular weight is 691 g/mol. The van der Waals surface area contributed by atoms with E-state index in [2.05, 4.69) is 6.92 Å². The first-order chi connectivity index (χ1) is 22.8. The van der Waals surface area contributed by atoms with Crippen molar-refractivity contribution in [3.05, 3.63) is 0 Å². The van der Waals surface area contributed by atoms with Gasteiger partial charge in [-0.3, -0.25) is 19.2 Å². The monoisotopic (exact) mass is 690 g/mol. The molecule has 1 heterocycles. The molecule has 1 fully saturated rings. The number of aliphatic carboxylic acids is 2. The van der Waals surface area contributed by atoms with E-state index in [-0.39, 0.29) is 52.1 Å². The maximum absolute atomic E-state index is 12.3. The number of carbonyl (C=O) groups is 4. The van der Waals surface area contributed by atoms with Crippen LogP contribution in [0.4, 0.5) is 0 Å². The molecule has 1 saturated heterocycles. The van der Waals surface area contributed by atoms with E-state index in [1.54, 1.807) is 0 Å². The van der Waals surface area contributed by atoms with Gasteiger partial charge in [-0.1, -0.05) is 103 Å². The van der Waals surface area contributed by atoms with E-state index >= 15 is 0 Å². The summed E-state index contributed by atoms with van der Waals surface area (Å²) in [6.45, 7) is 2.87. The lowest BCUT2D eigenvalue weighted by Crippen LogP contribution is -2.44. The van der Waals surface area contributed by atoms with Crippen LogP contribution < -0.4 is 0 Å². The van der Waals surface area contributed by atoms with Crippen LogP contribution in [0.5, 0.6) is 0 Å². The molecule has 0 amide bonds. The van der Waals surface area contributed by atoms with Crippen molar-refractivity contribution in [2.75, 3.05) is 33.0 Å². The van der Waals surface area contributed by atoms with Gasteiger partial charge in [0.05, 0.1) is 25.2 Å². The first kappa shape index (κ1) is 43.2. The minimum atomic E-state index is -1.55. The minimum absolute atomic E-state index is 0.00962. The van der Waals surface area contributed by atoms with Gasteiger partial charge in [0.2, 0.25) is 0 Å².